The molecule has 0 saturated heterocycles. The van der Waals surface area contributed by atoms with E-state index in [9.17, 15) is 13.6 Å². The van der Waals surface area contributed by atoms with Crippen molar-refractivity contribution in [1.82, 2.24) is 5.32 Å². The molecular weight excluding hydrogens is 238 g/mol. The Bertz CT molecular complexity index is 410. The summed E-state index contributed by atoms with van der Waals surface area (Å²) >= 11 is 0. The summed E-state index contributed by atoms with van der Waals surface area (Å²) in [5.74, 6) is -2.06. The van der Waals surface area contributed by atoms with Gasteiger partial charge in [0.1, 0.15) is 0 Å². The third kappa shape index (κ3) is 4.79. The maximum Gasteiger partial charge on any atom is 0.224 e. The lowest BCUT2D eigenvalue weighted by Crippen LogP contribution is -2.31. The van der Waals surface area contributed by atoms with Crippen LogP contribution >= 0.6 is 0 Å². The van der Waals surface area contributed by atoms with Gasteiger partial charge in [-0.15, -0.1) is 0 Å². The standard InChI is InChI=1S/C13H18F2N2O/c1-2-10(16)5-6-17-13(18)8-9-3-4-11(14)12(15)7-9/h3-4,7,10H,2,5-6,8,16H2,1H3,(H,17,18). The summed E-state index contributed by atoms with van der Waals surface area (Å²) in [5.41, 5.74) is 6.16. The van der Waals surface area contributed by atoms with Gasteiger partial charge in [0.15, 0.2) is 11.6 Å². The number of benzene rings is 1. The quantitative estimate of drug-likeness (QED) is 0.814. The molecule has 3 N–H and O–H groups in total. The Labute approximate surface area is 105 Å². The number of rotatable bonds is 6. The number of hydrogen-bond acceptors (Lipinski definition) is 2. The Kier molecular flexibility index (Phi) is 5.71. The smallest absolute Gasteiger partial charge is 0.224 e. The molecule has 3 nitrogen and oxygen atoms in total. The summed E-state index contributed by atoms with van der Waals surface area (Å²) in [7, 11) is 0. The summed E-state index contributed by atoms with van der Waals surface area (Å²) in [4.78, 5) is 11.5. The molecule has 0 fully saturated rings. The van der Waals surface area contributed by atoms with Crippen molar-refractivity contribution in [3.8, 4) is 0 Å². The molecule has 1 amide bonds. The lowest BCUT2D eigenvalue weighted by molar-refractivity contribution is -0.120. The Hall–Kier alpha value is -1.49. The molecule has 0 aromatic heterocycles. The fraction of sp³-hybridized carbons (Fsp3) is 0.462. The minimum Gasteiger partial charge on any atom is -0.356 e. The minimum absolute atomic E-state index is 0.0402. The Morgan fingerprint density at radius 3 is 2.72 bits per heavy atom. The average molecular weight is 256 g/mol. The van der Waals surface area contributed by atoms with Crippen LogP contribution in [0.4, 0.5) is 8.78 Å². The molecule has 1 aromatic rings. The van der Waals surface area contributed by atoms with Crippen LogP contribution in [-0.2, 0) is 11.2 Å². The second kappa shape index (κ2) is 7.06. The van der Waals surface area contributed by atoms with E-state index in [1.54, 1.807) is 0 Å². The fourth-order valence-corrected chi connectivity index (χ4v) is 1.50. The number of carbonyl (C=O) groups excluding carboxylic acids is 1. The number of nitrogens with one attached hydrogen (secondary N) is 1. The third-order valence-electron chi connectivity index (χ3n) is 2.71. The van der Waals surface area contributed by atoms with Gasteiger partial charge in [-0.2, -0.15) is 0 Å². The van der Waals surface area contributed by atoms with Crippen LogP contribution in [0.3, 0.4) is 0 Å². The number of carbonyl (C=O) groups is 1. The summed E-state index contributed by atoms with van der Waals surface area (Å²) in [6, 6.07) is 3.53. The highest BCUT2D eigenvalue weighted by Gasteiger charge is 2.07. The maximum atomic E-state index is 12.9. The summed E-state index contributed by atoms with van der Waals surface area (Å²) in [6.45, 7) is 2.48. The molecule has 5 heteroatoms. The van der Waals surface area contributed by atoms with Crippen molar-refractivity contribution in [1.29, 1.82) is 0 Å². The molecule has 0 spiro atoms. The molecule has 100 valence electrons. The van der Waals surface area contributed by atoms with E-state index in [4.69, 9.17) is 5.73 Å². The molecule has 1 unspecified atom stereocenters. The van der Waals surface area contributed by atoms with Gasteiger partial charge in [-0.3, -0.25) is 4.79 Å². The van der Waals surface area contributed by atoms with Gasteiger partial charge in [-0.1, -0.05) is 13.0 Å². The fourth-order valence-electron chi connectivity index (χ4n) is 1.50. The van der Waals surface area contributed by atoms with Crippen LogP contribution in [0.25, 0.3) is 0 Å². The molecule has 0 radical (unpaired) electrons. The molecule has 0 heterocycles. The van der Waals surface area contributed by atoms with E-state index in [-0.39, 0.29) is 18.4 Å². The second-order valence-corrected chi connectivity index (χ2v) is 4.23. The van der Waals surface area contributed by atoms with Gasteiger partial charge < -0.3 is 11.1 Å². The predicted octanol–water partition coefficient (Wildman–Crippen LogP) is 1.75. The Morgan fingerprint density at radius 2 is 2.11 bits per heavy atom. The molecule has 0 aliphatic carbocycles. The zero-order chi connectivity index (χ0) is 13.5. The molecule has 0 saturated carbocycles. The van der Waals surface area contributed by atoms with E-state index in [1.165, 1.54) is 6.07 Å². The highest BCUT2D eigenvalue weighted by Crippen LogP contribution is 2.09. The zero-order valence-electron chi connectivity index (χ0n) is 10.4. The lowest BCUT2D eigenvalue weighted by atomic mass is 10.1. The molecule has 18 heavy (non-hydrogen) atoms. The van der Waals surface area contributed by atoms with Crippen molar-refractivity contribution in [3.63, 3.8) is 0 Å². The van der Waals surface area contributed by atoms with Gasteiger partial charge >= 0.3 is 0 Å². The summed E-state index contributed by atoms with van der Waals surface area (Å²) in [5, 5.41) is 2.70. The van der Waals surface area contributed by atoms with E-state index >= 15 is 0 Å². The SMILES string of the molecule is CCC(N)CCNC(=O)Cc1ccc(F)c(F)c1. The predicted molar refractivity (Wildman–Crippen MR) is 66.0 cm³/mol. The first-order valence-corrected chi connectivity index (χ1v) is 5.99. The van der Waals surface area contributed by atoms with Crippen molar-refractivity contribution in [2.24, 2.45) is 5.73 Å². The zero-order valence-corrected chi connectivity index (χ0v) is 10.4. The molecule has 0 aliphatic rings. The van der Waals surface area contributed by atoms with Gasteiger partial charge in [0.2, 0.25) is 5.91 Å². The molecule has 1 aromatic carbocycles. The van der Waals surface area contributed by atoms with Gasteiger partial charge in [-0.25, -0.2) is 8.78 Å². The van der Waals surface area contributed by atoms with Crippen LogP contribution in [0.15, 0.2) is 18.2 Å². The molecular formula is C13H18F2N2O. The normalized spacial score (nSPS) is 12.2. The van der Waals surface area contributed by atoms with Crippen LogP contribution in [0.2, 0.25) is 0 Å². The number of hydrogen-bond donors (Lipinski definition) is 2. The Morgan fingerprint density at radius 1 is 1.39 bits per heavy atom. The highest BCUT2D eigenvalue weighted by atomic mass is 19.2. The molecule has 1 atom stereocenters. The summed E-state index contributed by atoms with van der Waals surface area (Å²) in [6.07, 6.45) is 1.61. The van der Waals surface area contributed by atoms with Crippen LogP contribution in [-0.4, -0.2) is 18.5 Å². The van der Waals surface area contributed by atoms with Crippen LogP contribution in [0.1, 0.15) is 25.3 Å². The van der Waals surface area contributed by atoms with Crippen molar-refractivity contribution >= 4 is 5.91 Å². The van der Waals surface area contributed by atoms with E-state index < -0.39 is 11.6 Å². The first kappa shape index (κ1) is 14.6. The number of halogens is 2. The van der Waals surface area contributed by atoms with E-state index in [1.807, 2.05) is 6.92 Å². The first-order valence-electron chi connectivity index (χ1n) is 5.99. The van der Waals surface area contributed by atoms with E-state index in [0.29, 0.717) is 18.5 Å². The van der Waals surface area contributed by atoms with Crippen LogP contribution < -0.4 is 11.1 Å². The van der Waals surface area contributed by atoms with Crippen molar-refractivity contribution in [3.05, 3.63) is 35.4 Å². The van der Waals surface area contributed by atoms with Crippen LogP contribution in [0, 0.1) is 11.6 Å². The van der Waals surface area contributed by atoms with Gasteiger partial charge in [0.05, 0.1) is 6.42 Å². The maximum absolute atomic E-state index is 12.9. The van der Waals surface area contributed by atoms with E-state index in [2.05, 4.69) is 5.32 Å². The van der Waals surface area contributed by atoms with Crippen molar-refractivity contribution < 1.29 is 13.6 Å². The second-order valence-electron chi connectivity index (χ2n) is 4.23. The monoisotopic (exact) mass is 256 g/mol. The number of amides is 1. The summed E-state index contributed by atoms with van der Waals surface area (Å²) < 4.78 is 25.6. The molecule has 0 bridgehead atoms. The van der Waals surface area contributed by atoms with E-state index in [0.717, 1.165) is 18.6 Å². The number of nitrogens with two attached hydrogens (primary N) is 1. The lowest BCUT2D eigenvalue weighted by Gasteiger charge is -2.09. The third-order valence-corrected chi connectivity index (χ3v) is 2.71. The topological polar surface area (TPSA) is 55.1 Å². The largest absolute Gasteiger partial charge is 0.356 e. The van der Waals surface area contributed by atoms with Gasteiger partial charge in [0.25, 0.3) is 0 Å². The van der Waals surface area contributed by atoms with Crippen LogP contribution in [0.5, 0.6) is 0 Å². The molecule has 1 rings (SSSR count). The van der Waals surface area contributed by atoms with Gasteiger partial charge in [0, 0.05) is 12.6 Å². The minimum atomic E-state index is -0.937. The van der Waals surface area contributed by atoms with Crippen molar-refractivity contribution in [2.45, 2.75) is 32.2 Å². The van der Waals surface area contributed by atoms with Gasteiger partial charge in [-0.05, 0) is 30.5 Å². The molecule has 0 aliphatic heterocycles. The highest BCUT2D eigenvalue weighted by molar-refractivity contribution is 5.78. The average Bonchev–Trinajstić information content (AvgIpc) is 2.33. The van der Waals surface area contributed by atoms with Crippen molar-refractivity contribution in [2.75, 3.05) is 6.54 Å². The first-order chi connectivity index (χ1) is 8.52. The Balaban J connectivity index is 2.38.